The first-order valence-corrected chi connectivity index (χ1v) is 8.62. The minimum absolute atomic E-state index is 0. The molecule has 1 aliphatic rings. The number of thiophene rings is 1. The Kier molecular flexibility index (Phi) is 9.12. The molecule has 1 N–H and O–H groups in total. The van der Waals surface area contributed by atoms with Crippen LogP contribution >= 0.6 is 35.3 Å². The summed E-state index contributed by atoms with van der Waals surface area (Å²) in [6, 6.07) is 4.23. The van der Waals surface area contributed by atoms with Crippen molar-refractivity contribution in [3.63, 3.8) is 0 Å². The van der Waals surface area contributed by atoms with Crippen LogP contribution in [0.5, 0.6) is 0 Å². The van der Waals surface area contributed by atoms with E-state index in [4.69, 9.17) is 0 Å². The van der Waals surface area contributed by atoms with Crippen molar-refractivity contribution < 1.29 is 4.79 Å². The Hall–Kier alpha value is -1.29. The molecule has 24 heavy (non-hydrogen) atoms. The monoisotopic (exact) mass is 463 g/mol. The molecule has 0 aliphatic carbocycles. The number of amides is 1. The van der Waals surface area contributed by atoms with Crippen LogP contribution < -0.4 is 10.2 Å². The first kappa shape index (κ1) is 20.8. The average Bonchev–Trinajstić information content (AvgIpc) is 3.09. The van der Waals surface area contributed by atoms with Crippen LogP contribution in [-0.2, 0) is 4.79 Å². The van der Waals surface area contributed by atoms with Crippen LogP contribution in [0.3, 0.4) is 0 Å². The molecule has 8 heteroatoms. The summed E-state index contributed by atoms with van der Waals surface area (Å²) in [4.78, 5) is 22.4. The van der Waals surface area contributed by atoms with Gasteiger partial charge in [0, 0.05) is 46.8 Å². The van der Waals surface area contributed by atoms with Crippen molar-refractivity contribution in [2.45, 2.75) is 0 Å². The van der Waals surface area contributed by atoms with Gasteiger partial charge in [-0.25, -0.2) is 4.99 Å². The van der Waals surface area contributed by atoms with Crippen LogP contribution in [0.15, 0.2) is 35.2 Å². The largest absolute Gasteiger partial charge is 0.360 e. The van der Waals surface area contributed by atoms with Crippen molar-refractivity contribution in [1.29, 1.82) is 0 Å². The van der Waals surface area contributed by atoms with Gasteiger partial charge in [0.2, 0.25) is 5.91 Å². The second-order valence-electron chi connectivity index (χ2n) is 5.52. The third-order valence-electron chi connectivity index (χ3n) is 3.66. The van der Waals surface area contributed by atoms with E-state index in [1.807, 2.05) is 0 Å². The van der Waals surface area contributed by atoms with E-state index in [9.17, 15) is 4.79 Å². The molecule has 0 spiro atoms. The third-order valence-corrected chi connectivity index (χ3v) is 4.59. The van der Waals surface area contributed by atoms with Crippen LogP contribution in [0.25, 0.3) is 0 Å². The van der Waals surface area contributed by atoms with E-state index in [0.29, 0.717) is 6.54 Å². The molecule has 6 nitrogen and oxygen atoms in total. The molecule has 0 radical (unpaired) electrons. The summed E-state index contributed by atoms with van der Waals surface area (Å²) in [5.41, 5.74) is 0. The fourth-order valence-corrected chi connectivity index (χ4v) is 3.09. The molecule has 0 atom stereocenters. The van der Waals surface area contributed by atoms with Gasteiger partial charge in [0.25, 0.3) is 0 Å². The second-order valence-corrected chi connectivity index (χ2v) is 6.45. The van der Waals surface area contributed by atoms with Crippen molar-refractivity contribution >= 4 is 52.2 Å². The maximum atomic E-state index is 11.8. The topological polar surface area (TPSA) is 51.2 Å². The molecule has 134 valence electrons. The smallest absolute Gasteiger partial charge is 0.243 e. The fraction of sp³-hybridized carbons (Fsp3) is 0.500. The van der Waals surface area contributed by atoms with Gasteiger partial charge in [-0.2, -0.15) is 0 Å². The Morgan fingerprint density at radius 1 is 1.42 bits per heavy atom. The number of rotatable bonds is 5. The van der Waals surface area contributed by atoms with Crippen molar-refractivity contribution in [3.8, 4) is 0 Å². The fourth-order valence-electron chi connectivity index (χ4n) is 2.30. The highest BCUT2D eigenvalue weighted by atomic mass is 127. The van der Waals surface area contributed by atoms with Gasteiger partial charge in [0.15, 0.2) is 5.96 Å². The molecule has 1 amide bonds. The molecular weight excluding hydrogens is 437 g/mol. The van der Waals surface area contributed by atoms with Crippen LogP contribution in [0, 0.1) is 0 Å². The number of hydrogen-bond donors (Lipinski definition) is 1. The van der Waals surface area contributed by atoms with Crippen LogP contribution in [0.4, 0.5) is 5.00 Å². The number of carbonyl (C=O) groups excluding carboxylic acids is 1. The Labute approximate surface area is 165 Å². The van der Waals surface area contributed by atoms with Gasteiger partial charge in [-0.15, -0.1) is 41.9 Å². The third kappa shape index (κ3) is 5.97. The lowest BCUT2D eigenvalue weighted by Crippen LogP contribution is -2.52. The summed E-state index contributed by atoms with van der Waals surface area (Å²) in [5, 5.41) is 6.67. The number of carbonyl (C=O) groups is 1. The molecule has 2 rings (SSSR count). The molecule has 0 saturated carbocycles. The van der Waals surface area contributed by atoms with E-state index in [-0.39, 0.29) is 36.4 Å². The van der Waals surface area contributed by atoms with Gasteiger partial charge in [0.05, 0.1) is 5.00 Å². The van der Waals surface area contributed by atoms with Crippen molar-refractivity contribution in [3.05, 3.63) is 30.2 Å². The zero-order valence-electron chi connectivity index (χ0n) is 14.3. The van der Waals surface area contributed by atoms with E-state index < -0.39 is 0 Å². The molecule has 1 aliphatic heterocycles. The minimum Gasteiger partial charge on any atom is -0.360 e. The predicted molar refractivity (Wildman–Crippen MR) is 113 cm³/mol. The summed E-state index contributed by atoms with van der Waals surface area (Å²) in [6.45, 7) is 8.21. The van der Waals surface area contributed by atoms with E-state index >= 15 is 0 Å². The van der Waals surface area contributed by atoms with Gasteiger partial charge in [-0.1, -0.05) is 6.08 Å². The molecule has 1 aromatic rings. The van der Waals surface area contributed by atoms with E-state index in [2.05, 4.69) is 44.2 Å². The molecule has 2 heterocycles. The quantitative estimate of drug-likeness (QED) is 0.313. The first-order valence-electron chi connectivity index (χ1n) is 7.74. The van der Waals surface area contributed by atoms with E-state index in [1.54, 1.807) is 36.4 Å². The standard InChI is InChI=1S/C16H25N5OS.HI/c1-4-7-17-16(18-13-14(22)19(2)3)21-10-8-20(9-11-21)15-6-5-12-23-15;/h4-6,12H,1,7-11,13H2,2-3H3,(H,17,18);1H. The number of halogens is 1. The van der Waals surface area contributed by atoms with Crippen LogP contribution in [-0.4, -0.2) is 75.0 Å². The lowest BCUT2D eigenvalue weighted by atomic mass is 10.3. The van der Waals surface area contributed by atoms with Crippen molar-refractivity contribution in [2.24, 2.45) is 4.99 Å². The molecule has 1 saturated heterocycles. The van der Waals surface area contributed by atoms with Gasteiger partial charge in [0.1, 0.15) is 6.54 Å². The van der Waals surface area contributed by atoms with Gasteiger partial charge < -0.3 is 20.0 Å². The summed E-state index contributed by atoms with van der Waals surface area (Å²) in [6.07, 6.45) is 1.80. The number of guanidine groups is 1. The number of likely N-dealkylation sites (N-methyl/N-ethyl adjacent to an activating group) is 1. The molecular formula is C16H26IN5OS. The lowest BCUT2D eigenvalue weighted by Gasteiger charge is -2.37. The highest BCUT2D eigenvalue weighted by molar-refractivity contribution is 14.0. The maximum Gasteiger partial charge on any atom is 0.243 e. The minimum atomic E-state index is 0. The van der Waals surface area contributed by atoms with E-state index in [1.165, 1.54) is 5.00 Å². The van der Waals surface area contributed by atoms with Gasteiger partial charge in [-0.05, 0) is 17.5 Å². The number of nitrogens with one attached hydrogen (secondary N) is 1. The van der Waals surface area contributed by atoms with Crippen LogP contribution in [0.1, 0.15) is 0 Å². The molecule has 0 aromatic carbocycles. The Morgan fingerprint density at radius 3 is 2.67 bits per heavy atom. The summed E-state index contributed by atoms with van der Waals surface area (Å²) in [7, 11) is 3.49. The Bertz CT molecular complexity index is 539. The molecule has 1 aromatic heterocycles. The SMILES string of the molecule is C=CCNC(=NCC(=O)N(C)C)N1CCN(c2cccs2)CC1.I. The zero-order chi connectivity index (χ0) is 16.7. The van der Waals surface area contributed by atoms with Gasteiger partial charge >= 0.3 is 0 Å². The maximum absolute atomic E-state index is 11.8. The molecule has 0 unspecified atom stereocenters. The van der Waals surface area contributed by atoms with Crippen molar-refractivity contribution in [1.82, 2.24) is 15.1 Å². The Balaban J connectivity index is 0.00000288. The zero-order valence-corrected chi connectivity index (χ0v) is 17.4. The molecule has 0 bridgehead atoms. The Morgan fingerprint density at radius 2 is 2.12 bits per heavy atom. The second kappa shape index (κ2) is 10.5. The predicted octanol–water partition coefficient (Wildman–Crippen LogP) is 1.71. The normalized spacial score (nSPS) is 14.8. The number of aliphatic imine (C=N–C) groups is 1. The number of nitrogens with zero attached hydrogens (tertiary/aromatic N) is 4. The average molecular weight is 463 g/mol. The number of anilines is 1. The molecule has 1 fully saturated rings. The van der Waals surface area contributed by atoms with Gasteiger partial charge in [-0.3, -0.25) is 4.79 Å². The first-order chi connectivity index (χ1) is 11.1. The number of hydrogen-bond acceptors (Lipinski definition) is 4. The summed E-state index contributed by atoms with van der Waals surface area (Å²) in [5.74, 6) is 0.783. The number of piperazine rings is 1. The van der Waals surface area contributed by atoms with E-state index in [0.717, 1.165) is 32.1 Å². The summed E-state index contributed by atoms with van der Waals surface area (Å²) < 4.78 is 0. The lowest BCUT2D eigenvalue weighted by molar-refractivity contribution is -0.127. The summed E-state index contributed by atoms with van der Waals surface area (Å²) >= 11 is 1.77. The highest BCUT2D eigenvalue weighted by Gasteiger charge is 2.20. The van der Waals surface area contributed by atoms with Crippen LogP contribution in [0.2, 0.25) is 0 Å². The van der Waals surface area contributed by atoms with Crippen molar-refractivity contribution in [2.75, 3.05) is 58.3 Å². The highest BCUT2D eigenvalue weighted by Crippen LogP contribution is 2.22.